The van der Waals surface area contributed by atoms with Gasteiger partial charge >= 0.3 is 0 Å². The Hall–Kier alpha value is -0.560. The van der Waals surface area contributed by atoms with Gasteiger partial charge in [0.2, 0.25) is 11.8 Å². The summed E-state index contributed by atoms with van der Waals surface area (Å²) in [4.78, 5) is 31.8. The van der Waals surface area contributed by atoms with Crippen molar-refractivity contribution in [2.45, 2.75) is 70.4 Å². The number of rotatable bonds is 3. The van der Waals surface area contributed by atoms with E-state index in [0.717, 1.165) is 58.2 Å². The van der Waals surface area contributed by atoms with Gasteiger partial charge in [-0.05, 0) is 46.0 Å². The van der Waals surface area contributed by atoms with Crippen molar-refractivity contribution in [1.29, 1.82) is 0 Å². The van der Waals surface area contributed by atoms with Crippen LogP contribution in [0.5, 0.6) is 0 Å². The van der Waals surface area contributed by atoms with E-state index >= 15 is 0 Å². The van der Waals surface area contributed by atoms with Crippen molar-refractivity contribution in [1.82, 2.24) is 14.7 Å². The molecule has 0 aromatic heterocycles. The fourth-order valence-electron chi connectivity index (χ4n) is 4.86. The zero-order chi connectivity index (χ0) is 18.7. The summed E-state index contributed by atoms with van der Waals surface area (Å²) >= 11 is 0. The van der Waals surface area contributed by atoms with Crippen LogP contribution >= 0.6 is 24.8 Å². The first-order valence-corrected chi connectivity index (χ1v) is 10.5. The van der Waals surface area contributed by atoms with Crippen molar-refractivity contribution >= 4 is 36.6 Å². The minimum Gasteiger partial charge on any atom is -0.340 e. The van der Waals surface area contributed by atoms with Crippen molar-refractivity contribution in [2.24, 2.45) is 11.7 Å². The summed E-state index contributed by atoms with van der Waals surface area (Å²) in [5.74, 6) is 0.433. The van der Waals surface area contributed by atoms with Gasteiger partial charge < -0.3 is 15.5 Å². The Morgan fingerprint density at radius 2 is 1.61 bits per heavy atom. The maximum Gasteiger partial charge on any atom is 0.236 e. The Balaban J connectivity index is 0.00000196. The molecule has 2 N–H and O–H groups in total. The third kappa shape index (κ3) is 5.97. The molecular formula is C20H38Cl2N4O2. The fraction of sp³-hybridized carbons (Fsp3) is 0.900. The predicted molar refractivity (Wildman–Crippen MR) is 117 cm³/mol. The molecule has 2 amide bonds. The highest BCUT2D eigenvalue weighted by atomic mass is 35.5. The molecule has 0 bridgehead atoms. The van der Waals surface area contributed by atoms with Crippen LogP contribution in [0, 0.1) is 5.92 Å². The molecule has 0 aromatic rings. The maximum absolute atomic E-state index is 12.9. The molecule has 0 aromatic carbocycles. The number of hydrogen-bond acceptors (Lipinski definition) is 4. The van der Waals surface area contributed by atoms with E-state index in [1.807, 2.05) is 16.7 Å². The first-order valence-electron chi connectivity index (χ1n) is 10.5. The minimum atomic E-state index is -0.368. The zero-order valence-corrected chi connectivity index (χ0v) is 19.0. The Labute approximate surface area is 182 Å². The minimum absolute atomic E-state index is 0. The molecule has 1 aliphatic carbocycles. The van der Waals surface area contributed by atoms with Gasteiger partial charge in [0, 0.05) is 44.3 Å². The van der Waals surface area contributed by atoms with Crippen LogP contribution < -0.4 is 5.73 Å². The highest BCUT2D eigenvalue weighted by Crippen LogP contribution is 2.33. The van der Waals surface area contributed by atoms with E-state index in [-0.39, 0.29) is 48.1 Å². The number of piperazine rings is 1. The lowest BCUT2D eigenvalue weighted by Crippen LogP contribution is -2.58. The van der Waals surface area contributed by atoms with E-state index in [1.165, 1.54) is 6.42 Å². The molecule has 3 unspecified atom stereocenters. The van der Waals surface area contributed by atoms with Gasteiger partial charge in [0.25, 0.3) is 0 Å². The second-order valence-electron chi connectivity index (χ2n) is 8.84. The molecule has 3 aliphatic rings. The van der Waals surface area contributed by atoms with Crippen LogP contribution in [0.2, 0.25) is 0 Å². The van der Waals surface area contributed by atoms with Crippen LogP contribution in [-0.2, 0) is 9.59 Å². The van der Waals surface area contributed by atoms with Gasteiger partial charge in [0.05, 0.1) is 12.5 Å². The van der Waals surface area contributed by atoms with Crippen LogP contribution in [0.3, 0.4) is 0 Å². The number of nitrogens with two attached hydrogens (primary N) is 1. The molecule has 164 valence electrons. The number of carbonyl (C=O) groups is 2. The second-order valence-corrected chi connectivity index (χ2v) is 8.84. The second kappa shape index (κ2) is 11.0. The summed E-state index contributed by atoms with van der Waals surface area (Å²) in [6.07, 6.45) is 7.55. The van der Waals surface area contributed by atoms with Crippen molar-refractivity contribution < 1.29 is 9.59 Å². The average molecular weight is 437 g/mol. The molecule has 0 radical (unpaired) electrons. The van der Waals surface area contributed by atoms with Gasteiger partial charge in [-0.1, -0.05) is 12.8 Å². The van der Waals surface area contributed by atoms with E-state index < -0.39 is 0 Å². The molecule has 6 nitrogen and oxygen atoms in total. The first kappa shape index (κ1) is 25.5. The lowest BCUT2D eigenvalue weighted by atomic mass is 9.74. The van der Waals surface area contributed by atoms with Gasteiger partial charge in [-0.15, -0.1) is 24.8 Å². The molecule has 3 fully saturated rings. The Morgan fingerprint density at radius 1 is 0.964 bits per heavy atom. The standard InChI is InChI=1S/C20H36N4O2.2ClH/c1-16-7-4-6-10-24(16)18(25)15-22-11-13-23(14-12-22)19(26)17-8-3-5-9-20(17,2)21;;/h16-17H,3-15,21H2,1-2H3;2*1H. The summed E-state index contributed by atoms with van der Waals surface area (Å²) in [5.41, 5.74) is 6.04. The average Bonchev–Trinajstić information content (AvgIpc) is 2.62. The van der Waals surface area contributed by atoms with Gasteiger partial charge in [-0.25, -0.2) is 0 Å². The van der Waals surface area contributed by atoms with Crippen molar-refractivity contribution in [2.75, 3.05) is 39.3 Å². The van der Waals surface area contributed by atoms with E-state index in [9.17, 15) is 9.59 Å². The molecule has 2 saturated heterocycles. The van der Waals surface area contributed by atoms with Crippen LogP contribution in [0.4, 0.5) is 0 Å². The smallest absolute Gasteiger partial charge is 0.236 e. The largest absolute Gasteiger partial charge is 0.340 e. The fourth-order valence-corrected chi connectivity index (χ4v) is 4.86. The molecule has 3 atom stereocenters. The highest BCUT2D eigenvalue weighted by Gasteiger charge is 2.40. The van der Waals surface area contributed by atoms with Crippen LogP contribution in [0.25, 0.3) is 0 Å². The topological polar surface area (TPSA) is 69.9 Å². The van der Waals surface area contributed by atoms with Gasteiger partial charge in [-0.3, -0.25) is 14.5 Å². The summed E-state index contributed by atoms with van der Waals surface area (Å²) in [6, 6.07) is 0.368. The predicted octanol–water partition coefficient (Wildman–Crippen LogP) is 2.28. The van der Waals surface area contributed by atoms with Crippen molar-refractivity contribution in [3.05, 3.63) is 0 Å². The molecule has 2 heterocycles. The number of likely N-dealkylation sites (tertiary alicyclic amines) is 1. The Morgan fingerprint density at radius 3 is 2.21 bits per heavy atom. The zero-order valence-electron chi connectivity index (χ0n) is 17.4. The number of halogens is 2. The van der Waals surface area contributed by atoms with Gasteiger partial charge in [-0.2, -0.15) is 0 Å². The Kier molecular flexibility index (Phi) is 10.0. The first-order chi connectivity index (χ1) is 12.4. The normalized spacial score (nSPS) is 31.5. The SMILES string of the molecule is CC1CCCCN1C(=O)CN1CCN(C(=O)C2CCCCC2(C)N)CC1.Cl.Cl. The molecule has 0 spiro atoms. The quantitative estimate of drug-likeness (QED) is 0.736. The summed E-state index contributed by atoms with van der Waals surface area (Å²) in [6.45, 7) is 8.58. The Bertz CT molecular complexity index is 524. The van der Waals surface area contributed by atoms with E-state index in [0.29, 0.717) is 25.7 Å². The monoisotopic (exact) mass is 436 g/mol. The lowest BCUT2D eigenvalue weighted by molar-refractivity contribution is -0.141. The summed E-state index contributed by atoms with van der Waals surface area (Å²) < 4.78 is 0. The number of carbonyl (C=O) groups excluding carboxylic acids is 2. The van der Waals surface area contributed by atoms with Crippen LogP contribution in [0.15, 0.2) is 0 Å². The molecule has 8 heteroatoms. The molecule has 2 aliphatic heterocycles. The van der Waals surface area contributed by atoms with Crippen molar-refractivity contribution in [3.63, 3.8) is 0 Å². The maximum atomic E-state index is 12.9. The van der Waals surface area contributed by atoms with Crippen LogP contribution in [0.1, 0.15) is 58.8 Å². The third-order valence-corrected chi connectivity index (χ3v) is 6.72. The third-order valence-electron chi connectivity index (χ3n) is 6.72. The van der Waals surface area contributed by atoms with Crippen LogP contribution in [-0.4, -0.2) is 77.4 Å². The highest BCUT2D eigenvalue weighted by molar-refractivity contribution is 5.85. The molecule has 3 rings (SSSR count). The summed E-state index contributed by atoms with van der Waals surface area (Å²) in [5, 5.41) is 0. The van der Waals surface area contributed by atoms with Gasteiger partial charge in [0.15, 0.2) is 0 Å². The number of amides is 2. The van der Waals surface area contributed by atoms with E-state index in [1.54, 1.807) is 0 Å². The number of hydrogen-bond donors (Lipinski definition) is 1. The molecular weight excluding hydrogens is 399 g/mol. The van der Waals surface area contributed by atoms with E-state index in [2.05, 4.69) is 11.8 Å². The van der Waals surface area contributed by atoms with Crippen molar-refractivity contribution in [3.8, 4) is 0 Å². The van der Waals surface area contributed by atoms with E-state index in [4.69, 9.17) is 5.73 Å². The number of nitrogens with zero attached hydrogens (tertiary/aromatic N) is 3. The number of piperidine rings is 1. The summed E-state index contributed by atoms with van der Waals surface area (Å²) in [7, 11) is 0. The van der Waals surface area contributed by atoms with Gasteiger partial charge in [0.1, 0.15) is 0 Å². The lowest BCUT2D eigenvalue weighted by Gasteiger charge is -2.42. The molecule has 1 saturated carbocycles. The molecule has 28 heavy (non-hydrogen) atoms.